The summed E-state index contributed by atoms with van der Waals surface area (Å²) in [4.78, 5) is 15.8. The number of nitrogens with zero attached hydrogens (tertiary/aromatic N) is 3. The molecule has 0 radical (unpaired) electrons. The number of nitrogens with two attached hydrogens (primary N) is 1. The minimum atomic E-state index is -0.337. The number of nitrogens with one attached hydrogen (secondary N) is 1. The quantitative estimate of drug-likeness (QED) is 0.831. The zero-order chi connectivity index (χ0) is 13.1. The Bertz CT molecular complexity index is 558. The van der Waals surface area contributed by atoms with E-state index < -0.39 is 0 Å². The average molecular weight is 249 g/mol. The number of amides is 1. The third-order valence-electron chi connectivity index (χ3n) is 2.40. The van der Waals surface area contributed by atoms with Crippen molar-refractivity contribution in [2.24, 2.45) is 0 Å². The van der Waals surface area contributed by atoms with E-state index in [1.54, 1.807) is 24.0 Å². The molecule has 0 bridgehead atoms. The molecule has 0 fully saturated rings. The van der Waals surface area contributed by atoms with Gasteiger partial charge in [0.15, 0.2) is 5.69 Å². The molecule has 2 heterocycles. The zero-order valence-corrected chi connectivity index (χ0v) is 10.3. The van der Waals surface area contributed by atoms with Crippen LogP contribution >= 0.6 is 0 Å². The molecule has 96 valence electrons. The van der Waals surface area contributed by atoms with Gasteiger partial charge in [-0.15, -0.1) is 0 Å². The minimum absolute atomic E-state index is 0.213. The van der Waals surface area contributed by atoms with Gasteiger partial charge in [-0.25, -0.2) is 4.98 Å². The van der Waals surface area contributed by atoms with E-state index in [0.29, 0.717) is 23.9 Å². The highest BCUT2D eigenvalue weighted by atomic mass is 16.4. The first-order chi connectivity index (χ1) is 8.60. The maximum absolute atomic E-state index is 11.8. The van der Waals surface area contributed by atoms with Crippen molar-refractivity contribution in [3.63, 3.8) is 0 Å². The standard InChI is InChI=1S/C11H15N5O2/c1-3-16-6-8(12)10(15-16)11(17)14-5-9-13-4-7(2)18-9/h4,6H,3,5,12H2,1-2H3,(H,14,17). The van der Waals surface area contributed by atoms with Gasteiger partial charge in [-0.1, -0.05) is 0 Å². The molecule has 0 atom stereocenters. The summed E-state index contributed by atoms with van der Waals surface area (Å²) in [5.41, 5.74) is 6.29. The molecule has 1 amide bonds. The molecule has 0 aromatic carbocycles. The van der Waals surface area contributed by atoms with Crippen molar-refractivity contribution in [1.82, 2.24) is 20.1 Å². The van der Waals surface area contributed by atoms with Gasteiger partial charge in [-0.05, 0) is 13.8 Å². The predicted molar refractivity (Wildman–Crippen MR) is 64.7 cm³/mol. The summed E-state index contributed by atoms with van der Waals surface area (Å²) in [6.07, 6.45) is 3.23. The smallest absolute Gasteiger partial charge is 0.274 e. The van der Waals surface area contributed by atoms with Gasteiger partial charge >= 0.3 is 0 Å². The first-order valence-corrected chi connectivity index (χ1v) is 5.62. The van der Waals surface area contributed by atoms with Crippen molar-refractivity contribution >= 4 is 11.6 Å². The first-order valence-electron chi connectivity index (χ1n) is 5.62. The summed E-state index contributed by atoms with van der Waals surface area (Å²) >= 11 is 0. The van der Waals surface area contributed by atoms with Gasteiger partial charge in [0.05, 0.1) is 18.4 Å². The van der Waals surface area contributed by atoms with Crippen LogP contribution in [0.3, 0.4) is 0 Å². The molecular weight excluding hydrogens is 234 g/mol. The van der Waals surface area contributed by atoms with Gasteiger partial charge in [0.25, 0.3) is 5.91 Å². The number of aromatic nitrogens is 3. The number of oxazole rings is 1. The van der Waals surface area contributed by atoms with E-state index in [9.17, 15) is 4.79 Å². The van der Waals surface area contributed by atoms with Gasteiger partial charge in [0.2, 0.25) is 5.89 Å². The van der Waals surface area contributed by atoms with Crippen molar-refractivity contribution in [1.29, 1.82) is 0 Å². The van der Waals surface area contributed by atoms with Crippen molar-refractivity contribution in [3.8, 4) is 0 Å². The van der Waals surface area contributed by atoms with Crippen LogP contribution in [0.25, 0.3) is 0 Å². The van der Waals surface area contributed by atoms with E-state index in [2.05, 4.69) is 15.4 Å². The van der Waals surface area contributed by atoms with Crippen molar-refractivity contribution in [2.75, 3.05) is 5.73 Å². The van der Waals surface area contributed by atoms with Crippen LogP contribution in [0.4, 0.5) is 5.69 Å². The van der Waals surface area contributed by atoms with Crippen molar-refractivity contribution < 1.29 is 9.21 Å². The lowest BCUT2D eigenvalue weighted by Gasteiger charge is -2.00. The first kappa shape index (κ1) is 12.2. The second-order valence-electron chi connectivity index (χ2n) is 3.84. The Morgan fingerprint density at radius 2 is 2.39 bits per heavy atom. The summed E-state index contributed by atoms with van der Waals surface area (Å²) in [7, 11) is 0. The Balaban J connectivity index is 2.01. The molecule has 7 nitrogen and oxygen atoms in total. The summed E-state index contributed by atoms with van der Waals surface area (Å²) in [5.74, 6) is 0.818. The Hall–Kier alpha value is -2.31. The van der Waals surface area contributed by atoms with Crippen LogP contribution in [0.1, 0.15) is 29.1 Å². The maximum atomic E-state index is 11.8. The number of hydrogen-bond acceptors (Lipinski definition) is 5. The van der Waals surface area contributed by atoms with Crippen LogP contribution in [0.2, 0.25) is 0 Å². The van der Waals surface area contributed by atoms with E-state index in [0.717, 1.165) is 0 Å². The highest BCUT2D eigenvalue weighted by Crippen LogP contribution is 2.09. The fourth-order valence-corrected chi connectivity index (χ4v) is 1.50. The second kappa shape index (κ2) is 4.91. The Labute approximate surface area is 104 Å². The SMILES string of the molecule is CCn1cc(N)c(C(=O)NCc2ncc(C)o2)n1. The number of hydrogen-bond donors (Lipinski definition) is 2. The number of nitrogen functional groups attached to an aromatic ring is 1. The third kappa shape index (κ3) is 2.50. The van der Waals surface area contributed by atoms with Gasteiger partial charge in [-0.3, -0.25) is 9.48 Å². The van der Waals surface area contributed by atoms with Crippen LogP contribution in [-0.2, 0) is 13.1 Å². The lowest BCUT2D eigenvalue weighted by Crippen LogP contribution is -2.24. The second-order valence-corrected chi connectivity index (χ2v) is 3.84. The molecule has 0 unspecified atom stereocenters. The molecule has 0 aliphatic rings. The van der Waals surface area contributed by atoms with Gasteiger partial charge in [0.1, 0.15) is 5.76 Å². The fraction of sp³-hybridized carbons (Fsp3) is 0.364. The number of aryl methyl sites for hydroxylation is 2. The Morgan fingerprint density at radius 3 is 2.94 bits per heavy atom. The van der Waals surface area contributed by atoms with Crippen LogP contribution in [-0.4, -0.2) is 20.7 Å². The molecule has 18 heavy (non-hydrogen) atoms. The monoisotopic (exact) mass is 249 g/mol. The molecule has 3 N–H and O–H groups in total. The average Bonchev–Trinajstić information content (AvgIpc) is 2.92. The highest BCUT2D eigenvalue weighted by molar-refractivity contribution is 5.96. The van der Waals surface area contributed by atoms with E-state index in [1.807, 2.05) is 6.92 Å². The number of rotatable bonds is 4. The fourth-order valence-electron chi connectivity index (χ4n) is 1.50. The van der Waals surface area contributed by atoms with E-state index in [-0.39, 0.29) is 18.1 Å². The molecule has 0 aliphatic carbocycles. The van der Waals surface area contributed by atoms with Crippen molar-refractivity contribution in [3.05, 3.63) is 29.7 Å². The molecule has 2 aromatic rings. The molecule has 7 heteroatoms. The topological polar surface area (TPSA) is 99.0 Å². The summed E-state index contributed by atoms with van der Waals surface area (Å²) in [6, 6.07) is 0. The van der Waals surface area contributed by atoms with Crippen LogP contribution in [0.15, 0.2) is 16.8 Å². The Kier molecular flexibility index (Phi) is 3.31. The zero-order valence-electron chi connectivity index (χ0n) is 10.3. The van der Waals surface area contributed by atoms with E-state index in [1.165, 1.54) is 0 Å². The lowest BCUT2D eigenvalue weighted by molar-refractivity contribution is 0.0942. The largest absolute Gasteiger partial charge is 0.444 e. The molecular formula is C11H15N5O2. The Morgan fingerprint density at radius 1 is 1.61 bits per heavy atom. The van der Waals surface area contributed by atoms with E-state index >= 15 is 0 Å². The van der Waals surface area contributed by atoms with Crippen LogP contribution in [0.5, 0.6) is 0 Å². The minimum Gasteiger partial charge on any atom is -0.444 e. The molecule has 0 spiro atoms. The summed E-state index contributed by atoms with van der Waals surface area (Å²) in [6.45, 7) is 4.59. The molecule has 0 saturated carbocycles. The van der Waals surface area contributed by atoms with Gasteiger partial charge in [-0.2, -0.15) is 5.10 Å². The molecule has 2 aromatic heterocycles. The van der Waals surface area contributed by atoms with Crippen LogP contribution < -0.4 is 11.1 Å². The van der Waals surface area contributed by atoms with Crippen LogP contribution in [0, 0.1) is 6.92 Å². The maximum Gasteiger partial charge on any atom is 0.274 e. The molecule has 0 saturated heterocycles. The number of anilines is 1. The van der Waals surface area contributed by atoms with Crippen molar-refractivity contribution in [2.45, 2.75) is 26.9 Å². The predicted octanol–water partition coefficient (Wildman–Crippen LogP) is 0.712. The van der Waals surface area contributed by atoms with Gasteiger partial charge in [0, 0.05) is 12.7 Å². The van der Waals surface area contributed by atoms with E-state index in [4.69, 9.17) is 10.2 Å². The number of carbonyl (C=O) groups excluding carboxylic acids is 1. The lowest BCUT2D eigenvalue weighted by atomic mass is 10.3. The third-order valence-corrected chi connectivity index (χ3v) is 2.40. The molecule has 2 rings (SSSR count). The highest BCUT2D eigenvalue weighted by Gasteiger charge is 2.14. The normalized spacial score (nSPS) is 10.6. The number of carbonyl (C=O) groups is 1. The summed E-state index contributed by atoms with van der Waals surface area (Å²) < 4.78 is 6.85. The summed E-state index contributed by atoms with van der Waals surface area (Å²) in [5, 5.41) is 6.73. The van der Waals surface area contributed by atoms with Gasteiger partial charge < -0.3 is 15.5 Å². The molecule has 0 aliphatic heterocycles.